The topological polar surface area (TPSA) is 0 Å². The highest BCUT2D eigenvalue weighted by Crippen LogP contribution is 2.08. The monoisotopic (exact) mass is 79.1 g/mol. The lowest BCUT2D eigenvalue weighted by Crippen LogP contribution is -1.79. The number of allylic oxidation sites excluding steroid dienone is 4. The fourth-order valence-corrected chi connectivity index (χ4v) is 0.405. The molecule has 32 valence electrons. The quantitative estimate of drug-likeness (QED) is 0.419. The van der Waals surface area contributed by atoms with Gasteiger partial charge >= 0.3 is 0 Å². The van der Waals surface area contributed by atoms with Crippen LogP contribution < -0.4 is 0 Å². The molecule has 0 amide bonds. The summed E-state index contributed by atoms with van der Waals surface area (Å²) in [5.74, 6) is 0. The molecule has 0 radical (unpaired) electrons. The van der Waals surface area contributed by atoms with E-state index in [1.807, 2.05) is 12.2 Å². The Kier molecular flexibility index (Phi) is 0.789. The fraction of sp³-hybridized carbons (Fsp3) is 0.333. The van der Waals surface area contributed by atoms with Gasteiger partial charge in [-0.1, -0.05) is 13.3 Å². The van der Waals surface area contributed by atoms with E-state index >= 15 is 0 Å². The van der Waals surface area contributed by atoms with Crippen LogP contribution in [-0.2, 0) is 0 Å². The van der Waals surface area contributed by atoms with E-state index in [0.29, 0.717) is 0 Å². The molecule has 0 aromatic rings. The molecule has 0 heteroatoms. The summed E-state index contributed by atoms with van der Waals surface area (Å²) in [4.78, 5) is 0. The van der Waals surface area contributed by atoms with Gasteiger partial charge in [-0.2, -0.15) is 23.8 Å². The third-order valence-corrected chi connectivity index (χ3v) is 0.946. The van der Waals surface area contributed by atoms with E-state index in [0.717, 1.165) is 6.42 Å². The summed E-state index contributed by atoms with van der Waals surface area (Å²) in [5.41, 5.74) is 1.41. The van der Waals surface area contributed by atoms with Crippen LogP contribution in [0, 0.1) is 6.08 Å². The van der Waals surface area contributed by atoms with Crippen molar-refractivity contribution in [3.63, 3.8) is 0 Å². The molecule has 0 atom stereocenters. The maximum Gasteiger partial charge on any atom is -0.0719 e. The van der Waals surface area contributed by atoms with Crippen molar-refractivity contribution in [3.05, 3.63) is 23.8 Å². The standard InChI is InChI=1S/C6H7/c1-2-6-4-3-5-6/h4-5H,2H2,1H3/q-1. The maximum absolute atomic E-state index is 2.93. The van der Waals surface area contributed by atoms with Crippen LogP contribution in [0.15, 0.2) is 17.7 Å². The average molecular weight is 79.1 g/mol. The third-order valence-electron chi connectivity index (χ3n) is 0.946. The summed E-state index contributed by atoms with van der Waals surface area (Å²) in [6, 6.07) is 0. The molecule has 0 saturated carbocycles. The minimum atomic E-state index is 1.16. The Labute approximate surface area is 38.2 Å². The first-order valence-corrected chi connectivity index (χ1v) is 2.22. The second-order valence-corrected chi connectivity index (χ2v) is 1.38. The first-order chi connectivity index (χ1) is 2.93. The molecule has 0 aromatic heterocycles. The molecule has 0 spiro atoms. The number of rotatable bonds is 1. The minimum absolute atomic E-state index is 1.16. The van der Waals surface area contributed by atoms with E-state index in [1.165, 1.54) is 5.57 Å². The van der Waals surface area contributed by atoms with E-state index in [-0.39, 0.29) is 0 Å². The van der Waals surface area contributed by atoms with E-state index in [9.17, 15) is 0 Å². The van der Waals surface area contributed by atoms with Crippen molar-refractivity contribution in [2.75, 3.05) is 0 Å². The molecule has 0 fully saturated rings. The third kappa shape index (κ3) is 0.383. The Hall–Kier alpha value is -0.520. The lowest BCUT2D eigenvalue weighted by Gasteiger charge is -2.09. The van der Waals surface area contributed by atoms with Crippen LogP contribution in [-0.4, -0.2) is 0 Å². The highest BCUT2D eigenvalue weighted by atomic mass is 14.0. The molecule has 1 aliphatic rings. The molecule has 1 rings (SSSR count). The van der Waals surface area contributed by atoms with Crippen LogP contribution in [0.4, 0.5) is 0 Å². The summed E-state index contributed by atoms with van der Waals surface area (Å²) in [6.07, 6.45) is 8.11. The van der Waals surface area contributed by atoms with Gasteiger partial charge in [0, 0.05) is 0 Å². The molecule has 0 bridgehead atoms. The second-order valence-electron chi connectivity index (χ2n) is 1.38. The Morgan fingerprint density at radius 1 is 1.83 bits per heavy atom. The Morgan fingerprint density at radius 2 is 2.50 bits per heavy atom. The van der Waals surface area contributed by atoms with Gasteiger partial charge in [0.25, 0.3) is 0 Å². The largest absolute Gasteiger partial charge is 0.183 e. The van der Waals surface area contributed by atoms with Gasteiger partial charge in [-0.05, 0) is 0 Å². The highest BCUT2D eigenvalue weighted by molar-refractivity contribution is 5.29. The lowest BCUT2D eigenvalue weighted by atomic mass is 10.1. The second kappa shape index (κ2) is 1.29. The summed E-state index contributed by atoms with van der Waals surface area (Å²) < 4.78 is 0. The van der Waals surface area contributed by atoms with Crippen molar-refractivity contribution in [1.82, 2.24) is 0 Å². The molecular weight excluding hydrogens is 72.1 g/mol. The van der Waals surface area contributed by atoms with E-state index in [2.05, 4.69) is 13.0 Å². The van der Waals surface area contributed by atoms with Crippen LogP contribution in [0.3, 0.4) is 0 Å². The maximum atomic E-state index is 2.93. The van der Waals surface area contributed by atoms with E-state index < -0.39 is 0 Å². The van der Waals surface area contributed by atoms with Crippen molar-refractivity contribution in [1.29, 1.82) is 0 Å². The normalized spacial score (nSPS) is 16.5. The molecule has 0 N–H and O–H groups in total. The van der Waals surface area contributed by atoms with Crippen molar-refractivity contribution < 1.29 is 0 Å². The zero-order valence-corrected chi connectivity index (χ0v) is 3.86. The zero-order chi connectivity index (χ0) is 4.41. The first kappa shape index (κ1) is 3.66. The van der Waals surface area contributed by atoms with Gasteiger partial charge in [-0.15, -0.1) is 0 Å². The van der Waals surface area contributed by atoms with Crippen molar-refractivity contribution >= 4 is 0 Å². The van der Waals surface area contributed by atoms with Gasteiger partial charge in [0.15, 0.2) is 0 Å². The number of hydrogen-bond acceptors (Lipinski definition) is 0. The predicted octanol–water partition coefficient (Wildman–Crippen LogP) is 1.70. The summed E-state index contributed by atoms with van der Waals surface area (Å²) in [7, 11) is 0. The van der Waals surface area contributed by atoms with Crippen LogP contribution in [0.5, 0.6) is 0 Å². The van der Waals surface area contributed by atoms with Gasteiger partial charge in [-0.3, -0.25) is 0 Å². The summed E-state index contributed by atoms with van der Waals surface area (Å²) in [6.45, 7) is 2.14. The molecule has 0 aliphatic heterocycles. The molecule has 0 aromatic carbocycles. The molecule has 0 unspecified atom stereocenters. The Morgan fingerprint density at radius 3 is 2.50 bits per heavy atom. The highest BCUT2D eigenvalue weighted by Gasteiger charge is 1.79. The Bertz CT molecular complexity index is 96.6. The molecular formula is C6H7-. The molecule has 6 heavy (non-hydrogen) atoms. The first-order valence-electron chi connectivity index (χ1n) is 2.22. The van der Waals surface area contributed by atoms with Gasteiger partial charge < -0.3 is 0 Å². The SMILES string of the molecule is CCC1=C[C-]=C1. The van der Waals surface area contributed by atoms with Crippen LogP contribution in [0.2, 0.25) is 0 Å². The number of hydrogen-bond donors (Lipinski definition) is 0. The van der Waals surface area contributed by atoms with Crippen LogP contribution in [0.1, 0.15) is 13.3 Å². The molecule has 0 heterocycles. The fourth-order valence-electron chi connectivity index (χ4n) is 0.405. The summed E-state index contributed by atoms with van der Waals surface area (Å²) in [5, 5.41) is 0. The molecule has 0 nitrogen and oxygen atoms in total. The summed E-state index contributed by atoms with van der Waals surface area (Å²) >= 11 is 0. The van der Waals surface area contributed by atoms with Crippen molar-refractivity contribution in [2.24, 2.45) is 0 Å². The van der Waals surface area contributed by atoms with Crippen LogP contribution in [0.25, 0.3) is 0 Å². The van der Waals surface area contributed by atoms with Gasteiger partial charge in [-0.25, -0.2) is 0 Å². The van der Waals surface area contributed by atoms with Crippen molar-refractivity contribution in [3.8, 4) is 0 Å². The van der Waals surface area contributed by atoms with Gasteiger partial charge in [0.2, 0.25) is 0 Å². The predicted molar refractivity (Wildman–Crippen MR) is 26.2 cm³/mol. The minimum Gasteiger partial charge on any atom is -0.183 e. The van der Waals surface area contributed by atoms with Crippen molar-refractivity contribution in [2.45, 2.75) is 13.3 Å². The lowest BCUT2D eigenvalue weighted by molar-refractivity contribution is 1.12. The van der Waals surface area contributed by atoms with Gasteiger partial charge in [0.1, 0.15) is 0 Å². The smallest absolute Gasteiger partial charge is 0.0719 e. The van der Waals surface area contributed by atoms with Crippen LogP contribution >= 0.6 is 0 Å². The molecule has 1 aliphatic carbocycles. The van der Waals surface area contributed by atoms with E-state index in [1.54, 1.807) is 0 Å². The zero-order valence-electron chi connectivity index (χ0n) is 3.86. The van der Waals surface area contributed by atoms with Gasteiger partial charge in [0.05, 0.1) is 0 Å². The molecule has 0 saturated heterocycles. The average Bonchev–Trinajstić information content (AvgIpc) is 1.31. The Balaban J connectivity index is 2.37. The van der Waals surface area contributed by atoms with E-state index in [4.69, 9.17) is 0 Å².